The highest BCUT2D eigenvalue weighted by Gasteiger charge is 2.25. The standard InChI is InChI=1S/C14H22N4O2/c1-11(2)9-17(10-12-5-3-7-15-12)14-13(18(19)20)6-4-8-16-14/h4,6,8,11-12,15H,3,5,7,9-10H2,1-2H3. The van der Waals surface area contributed by atoms with Gasteiger partial charge in [-0.15, -0.1) is 0 Å². The summed E-state index contributed by atoms with van der Waals surface area (Å²) in [6.45, 7) is 6.81. The van der Waals surface area contributed by atoms with Gasteiger partial charge in [-0.25, -0.2) is 4.98 Å². The summed E-state index contributed by atoms with van der Waals surface area (Å²) in [5.41, 5.74) is 0.0890. The molecule has 0 amide bonds. The first-order valence-electron chi connectivity index (χ1n) is 7.15. The van der Waals surface area contributed by atoms with Crippen LogP contribution >= 0.6 is 0 Å². The molecule has 1 N–H and O–H groups in total. The largest absolute Gasteiger partial charge is 0.349 e. The van der Waals surface area contributed by atoms with E-state index in [1.54, 1.807) is 12.3 Å². The lowest BCUT2D eigenvalue weighted by atomic mass is 10.1. The van der Waals surface area contributed by atoms with Crippen molar-refractivity contribution in [1.29, 1.82) is 0 Å². The van der Waals surface area contributed by atoms with E-state index >= 15 is 0 Å². The Kier molecular flexibility index (Phi) is 4.89. The van der Waals surface area contributed by atoms with Gasteiger partial charge in [-0.3, -0.25) is 10.1 Å². The number of nitrogens with zero attached hydrogens (tertiary/aromatic N) is 3. The van der Waals surface area contributed by atoms with Crippen LogP contribution in [0.25, 0.3) is 0 Å². The minimum Gasteiger partial charge on any atom is -0.349 e. The molecule has 20 heavy (non-hydrogen) atoms. The minimum absolute atomic E-state index is 0.0890. The smallest absolute Gasteiger partial charge is 0.311 e. The Morgan fingerprint density at radius 2 is 2.40 bits per heavy atom. The number of pyridine rings is 1. The van der Waals surface area contributed by atoms with E-state index in [4.69, 9.17) is 0 Å². The summed E-state index contributed by atoms with van der Waals surface area (Å²) in [7, 11) is 0. The molecule has 0 bridgehead atoms. The van der Waals surface area contributed by atoms with E-state index < -0.39 is 0 Å². The van der Waals surface area contributed by atoms with Crippen LogP contribution < -0.4 is 10.2 Å². The minimum atomic E-state index is -0.349. The fourth-order valence-electron chi connectivity index (χ4n) is 2.64. The normalized spacial score (nSPS) is 18.4. The highest BCUT2D eigenvalue weighted by molar-refractivity contribution is 5.57. The maximum atomic E-state index is 11.2. The molecule has 1 aliphatic heterocycles. The molecule has 2 heterocycles. The van der Waals surface area contributed by atoms with Crippen LogP contribution in [-0.4, -0.2) is 35.6 Å². The number of rotatable bonds is 6. The molecule has 1 fully saturated rings. The fraction of sp³-hybridized carbons (Fsp3) is 0.643. The number of nitrogens with one attached hydrogen (secondary N) is 1. The summed E-state index contributed by atoms with van der Waals surface area (Å²) in [5.74, 6) is 0.915. The Bertz CT molecular complexity index is 458. The first-order valence-corrected chi connectivity index (χ1v) is 7.15. The first-order chi connectivity index (χ1) is 9.58. The third-order valence-electron chi connectivity index (χ3n) is 3.45. The lowest BCUT2D eigenvalue weighted by Gasteiger charge is -2.28. The summed E-state index contributed by atoms with van der Waals surface area (Å²) in [6, 6.07) is 3.54. The molecule has 2 rings (SSSR count). The molecule has 6 heteroatoms. The van der Waals surface area contributed by atoms with Crippen LogP contribution in [-0.2, 0) is 0 Å². The monoisotopic (exact) mass is 278 g/mol. The third kappa shape index (κ3) is 3.66. The van der Waals surface area contributed by atoms with Gasteiger partial charge in [0.15, 0.2) is 0 Å². The van der Waals surface area contributed by atoms with Crippen LogP contribution in [0.4, 0.5) is 11.5 Å². The van der Waals surface area contributed by atoms with Gasteiger partial charge < -0.3 is 10.2 Å². The van der Waals surface area contributed by atoms with Crippen molar-refractivity contribution >= 4 is 11.5 Å². The van der Waals surface area contributed by atoms with E-state index in [2.05, 4.69) is 24.1 Å². The van der Waals surface area contributed by atoms with Gasteiger partial charge in [0.25, 0.3) is 0 Å². The van der Waals surface area contributed by atoms with Crippen LogP contribution in [0.5, 0.6) is 0 Å². The lowest BCUT2D eigenvalue weighted by Crippen LogP contribution is -2.40. The topological polar surface area (TPSA) is 71.3 Å². The van der Waals surface area contributed by atoms with Gasteiger partial charge in [0.1, 0.15) is 0 Å². The fourth-order valence-corrected chi connectivity index (χ4v) is 2.64. The van der Waals surface area contributed by atoms with Crippen molar-refractivity contribution in [3.63, 3.8) is 0 Å². The van der Waals surface area contributed by atoms with Crippen molar-refractivity contribution in [2.24, 2.45) is 5.92 Å². The Hall–Kier alpha value is -1.69. The Morgan fingerprint density at radius 1 is 1.60 bits per heavy atom. The average Bonchev–Trinajstić information content (AvgIpc) is 2.90. The summed E-state index contributed by atoms with van der Waals surface area (Å²) < 4.78 is 0. The molecule has 1 aliphatic rings. The highest BCUT2D eigenvalue weighted by atomic mass is 16.6. The molecule has 1 saturated heterocycles. The molecule has 0 saturated carbocycles. The molecule has 1 atom stereocenters. The second kappa shape index (κ2) is 6.65. The van der Waals surface area contributed by atoms with Crippen molar-refractivity contribution in [1.82, 2.24) is 10.3 Å². The molecule has 0 spiro atoms. The average molecular weight is 278 g/mol. The molecule has 1 unspecified atom stereocenters. The molecule has 0 aliphatic carbocycles. The zero-order valence-corrected chi connectivity index (χ0v) is 12.1. The zero-order valence-electron chi connectivity index (χ0n) is 12.1. The van der Waals surface area contributed by atoms with Crippen LogP contribution in [0.15, 0.2) is 18.3 Å². The van der Waals surface area contributed by atoms with Crippen LogP contribution in [0, 0.1) is 16.0 Å². The number of nitro groups is 1. The SMILES string of the molecule is CC(C)CN(CC1CCCN1)c1ncccc1[N+](=O)[O-]. The van der Waals surface area contributed by atoms with Gasteiger partial charge in [-0.05, 0) is 31.4 Å². The second-order valence-electron chi connectivity index (χ2n) is 5.70. The second-order valence-corrected chi connectivity index (χ2v) is 5.70. The van der Waals surface area contributed by atoms with Gasteiger partial charge >= 0.3 is 5.69 Å². The van der Waals surface area contributed by atoms with Crippen LogP contribution in [0.3, 0.4) is 0 Å². The van der Waals surface area contributed by atoms with E-state index in [-0.39, 0.29) is 10.6 Å². The Morgan fingerprint density at radius 3 is 3.00 bits per heavy atom. The molecule has 6 nitrogen and oxygen atoms in total. The summed E-state index contributed by atoms with van der Waals surface area (Å²) >= 11 is 0. The van der Waals surface area contributed by atoms with Gasteiger partial charge in [0.2, 0.25) is 5.82 Å². The van der Waals surface area contributed by atoms with Crippen LogP contribution in [0.2, 0.25) is 0 Å². The lowest BCUT2D eigenvalue weighted by molar-refractivity contribution is -0.384. The predicted molar refractivity (Wildman–Crippen MR) is 79.0 cm³/mol. The predicted octanol–water partition coefficient (Wildman–Crippen LogP) is 2.20. The van der Waals surface area contributed by atoms with E-state index in [1.165, 1.54) is 12.5 Å². The van der Waals surface area contributed by atoms with Crippen molar-refractivity contribution < 1.29 is 4.92 Å². The first kappa shape index (κ1) is 14.7. The van der Waals surface area contributed by atoms with Crippen molar-refractivity contribution in [3.05, 3.63) is 28.4 Å². The molecule has 0 radical (unpaired) electrons. The van der Waals surface area contributed by atoms with Gasteiger partial charge in [0, 0.05) is 31.4 Å². The Labute approximate surface area is 119 Å². The molecule has 1 aromatic rings. The van der Waals surface area contributed by atoms with Crippen LogP contribution in [0.1, 0.15) is 26.7 Å². The Balaban J connectivity index is 2.22. The quantitative estimate of drug-likeness (QED) is 0.638. The maximum Gasteiger partial charge on any atom is 0.311 e. The molecule has 1 aromatic heterocycles. The summed E-state index contributed by atoms with van der Waals surface area (Å²) in [6.07, 6.45) is 3.91. The summed E-state index contributed by atoms with van der Waals surface area (Å²) in [5, 5.41) is 14.6. The van der Waals surface area contributed by atoms with E-state index in [0.717, 1.165) is 26.1 Å². The number of hydrogen-bond acceptors (Lipinski definition) is 5. The van der Waals surface area contributed by atoms with E-state index in [1.807, 2.05) is 4.90 Å². The molecular weight excluding hydrogens is 256 g/mol. The van der Waals surface area contributed by atoms with E-state index in [0.29, 0.717) is 17.8 Å². The van der Waals surface area contributed by atoms with Gasteiger partial charge in [0.05, 0.1) is 4.92 Å². The molecular formula is C14H22N4O2. The number of aromatic nitrogens is 1. The maximum absolute atomic E-state index is 11.2. The van der Waals surface area contributed by atoms with Crippen molar-refractivity contribution in [3.8, 4) is 0 Å². The molecule has 0 aromatic carbocycles. The third-order valence-corrected chi connectivity index (χ3v) is 3.45. The van der Waals surface area contributed by atoms with Gasteiger partial charge in [-0.2, -0.15) is 0 Å². The van der Waals surface area contributed by atoms with Crippen molar-refractivity contribution in [2.75, 3.05) is 24.5 Å². The highest BCUT2D eigenvalue weighted by Crippen LogP contribution is 2.26. The molecule has 110 valence electrons. The number of anilines is 1. The summed E-state index contributed by atoms with van der Waals surface area (Å²) in [4.78, 5) is 17.1. The number of hydrogen-bond donors (Lipinski definition) is 1. The van der Waals surface area contributed by atoms with Gasteiger partial charge in [-0.1, -0.05) is 13.8 Å². The van der Waals surface area contributed by atoms with Crippen molar-refractivity contribution in [2.45, 2.75) is 32.7 Å². The zero-order chi connectivity index (χ0) is 14.5. The van der Waals surface area contributed by atoms with E-state index in [9.17, 15) is 10.1 Å².